The molecule has 5 aromatic carbocycles. The number of unbranched alkanes of at least 4 members (excludes halogenated alkanes) is 5. The summed E-state index contributed by atoms with van der Waals surface area (Å²) in [5.74, 6) is 7.72. The van der Waals surface area contributed by atoms with Gasteiger partial charge in [0.25, 0.3) is 0 Å². The number of halogens is 3. The van der Waals surface area contributed by atoms with E-state index in [1.807, 2.05) is 77.5 Å². The summed E-state index contributed by atoms with van der Waals surface area (Å²) < 4.78 is 71.1. The molecule has 0 radical (unpaired) electrons. The fraction of sp³-hybridized carbons (Fsp3) is 0.402. The Bertz CT molecular complexity index is 6420. The number of aryl methyl sites for hydroxylation is 6. The zero-order valence-electron chi connectivity index (χ0n) is 83.5. The van der Waals surface area contributed by atoms with Gasteiger partial charge in [-0.1, -0.05) is 111 Å². The van der Waals surface area contributed by atoms with Crippen molar-refractivity contribution in [2.24, 2.45) is 0 Å². The summed E-state index contributed by atoms with van der Waals surface area (Å²) in [7, 11) is 0. The van der Waals surface area contributed by atoms with Crippen molar-refractivity contribution in [3.05, 3.63) is 337 Å². The Hall–Kier alpha value is -13.7. The first-order chi connectivity index (χ1) is 70.3. The lowest BCUT2D eigenvalue weighted by Gasteiger charge is -2.30. The van der Waals surface area contributed by atoms with Crippen LogP contribution in [0.15, 0.2) is 231 Å². The fourth-order valence-electron chi connectivity index (χ4n) is 20.2. The van der Waals surface area contributed by atoms with Gasteiger partial charge in [0.1, 0.15) is 29.1 Å². The molecule has 0 fully saturated rings. The van der Waals surface area contributed by atoms with Crippen LogP contribution in [0.3, 0.4) is 0 Å². The van der Waals surface area contributed by atoms with Gasteiger partial charge in [-0.15, -0.1) is 0 Å². The molecule has 0 bridgehead atoms. The van der Waals surface area contributed by atoms with Crippen molar-refractivity contribution in [3.63, 3.8) is 0 Å². The number of benzene rings is 5. The Kier molecular flexibility index (Phi) is 35.4. The molecular formula is C117H136F3N19O5. The summed E-state index contributed by atoms with van der Waals surface area (Å²) in [4.78, 5) is 34.9. The van der Waals surface area contributed by atoms with Gasteiger partial charge in [-0.3, -0.25) is 24.5 Å². The van der Waals surface area contributed by atoms with Crippen molar-refractivity contribution in [1.82, 2.24) is 59.2 Å². The molecule has 10 aliphatic heterocycles. The quantitative estimate of drug-likeness (QED) is 0.0253. The van der Waals surface area contributed by atoms with E-state index in [1.54, 1.807) is 0 Å². The topological polar surface area (TPSA) is 252 Å². The van der Waals surface area contributed by atoms with Gasteiger partial charge in [0.2, 0.25) is 29.4 Å². The molecule has 0 amide bonds. The van der Waals surface area contributed by atoms with E-state index in [9.17, 15) is 23.7 Å². The molecule has 0 saturated carbocycles. The lowest BCUT2D eigenvalue weighted by molar-refractivity contribution is -0.138. The molecular weight excluding hydrogens is 1810 g/mol. The summed E-state index contributed by atoms with van der Waals surface area (Å²) in [6, 6.07) is 58.7. The van der Waals surface area contributed by atoms with Crippen LogP contribution in [0, 0.1) is 29.6 Å². The molecule has 10 aliphatic rings. The second-order valence-corrected chi connectivity index (χ2v) is 39.0. The van der Waals surface area contributed by atoms with E-state index in [4.69, 9.17) is 28.8 Å². The summed E-state index contributed by atoms with van der Waals surface area (Å²) in [5, 5.41) is 39.6. The summed E-state index contributed by atoms with van der Waals surface area (Å²) in [5.41, 5.74) is 26.7. The third-order valence-corrected chi connectivity index (χ3v) is 28.3. The maximum atomic E-state index is 13.3. The number of hydrogen-bond acceptors (Lipinski definition) is 23. The van der Waals surface area contributed by atoms with Crippen molar-refractivity contribution in [3.8, 4) is 47.2 Å². The summed E-state index contributed by atoms with van der Waals surface area (Å²) >= 11 is 0. The zero-order chi connectivity index (χ0) is 99.5. The van der Waals surface area contributed by atoms with Gasteiger partial charge in [0.05, 0.1) is 73.2 Å². The fourth-order valence-corrected chi connectivity index (χ4v) is 20.2. The highest BCUT2D eigenvalue weighted by molar-refractivity contribution is 5.58. The lowest BCUT2D eigenvalue weighted by Crippen LogP contribution is -2.33. The van der Waals surface area contributed by atoms with Crippen LogP contribution in [0.1, 0.15) is 202 Å². The number of pyridine rings is 5. The number of nitriles is 2. The van der Waals surface area contributed by atoms with Gasteiger partial charge in [0.15, 0.2) is 0 Å². The molecule has 24 nitrogen and oxygen atoms in total. The largest absolute Gasteiger partial charge is 0.478 e. The molecule has 5 N–H and O–H groups in total. The van der Waals surface area contributed by atoms with Gasteiger partial charge in [-0.2, -0.15) is 53.7 Å². The molecule has 11 aromatic rings. The predicted molar refractivity (Wildman–Crippen MR) is 564 cm³/mol. The Morgan fingerprint density at radius 1 is 0.319 bits per heavy atom. The Morgan fingerprint density at radius 3 is 1.07 bits per heavy atom. The minimum Gasteiger partial charge on any atom is -0.478 e. The van der Waals surface area contributed by atoms with Gasteiger partial charge in [-0.25, -0.2) is 4.68 Å². The van der Waals surface area contributed by atoms with Crippen molar-refractivity contribution in [2.75, 3.05) is 125 Å². The highest BCUT2D eigenvalue weighted by Crippen LogP contribution is 2.39. The molecule has 6 aromatic heterocycles. The van der Waals surface area contributed by atoms with Crippen LogP contribution in [-0.2, 0) is 103 Å². The summed E-state index contributed by atoms with van der Waals surface area (Å²) in [6.07, 6.45) is 22.6. The molecule has 0 unspecified atom stereocenters. The van der Waals surface area contributed by atoms with Gasteiger partial charge in [0, 0.05) is 142 Å². The van der Waals surface area contributed by atoms with Crippen molar-refractivity contribution < 1.29 is 36.9 Å². The predicted octanol–water partition coefficient (Wildman–Crippen LogP) is 22.1. The van der Waals surface area contributed by atoms with E-state index in [1.165, 1.54) is 103 Å². The van der Waals surface area contributed by atoms with Crippen molar-refractivity contribution in [1.29, 1.82) is 10.5 Å². The van der Waals surface area contributed by atoms with Crippen LogP contribution < -0.4 is 50.3 Å². The second kappa shape index (κ2) is 50.0. The monoisotopic (exact) mass is 1940 g/mol. The zero-order valence-corrected chi connectivity index (χ0v) is 83.5. The van der Waals surface area contributed by atoms with E-state index in [2.05, 4.69) is 213 Å². The number of rotatable bonds is 31. The van der Waals surface area contributed by atoms with Crippen molar-refractivity contribution in [2.45, 2.75) is 206 Å². The molecule has 0 atom stereocenters. The summed E-state index contributed by atoms with van der Waals surface area (Å²) in [6.45, 7) is 39.8. The Labute approximate surface area is 846 Å². The van der Waals surface area contributed by atoms with Crippen LogP contribution in [0.25, 0.3) is 5.69 Å². The number of alkyl halides is 3. The number of nitrogens with one attached hydrogen (secondary N) is 5. The first-order valence-electron chi connectivity index (χ1n) is 51.7. The van der Waals surface area contributed by atoms with Gasteiger partial charge in [-0.05, 0) is 327 Å². The van der Waals surface area contributed by atoms with Crippen LogP contribution >= 0.6 is 0 Å². The third-order valence-electron chi connectivity index (χ3n) is 28.3. The number of nitrogens with zero attached hydrogens (tertiary/aromatic N) is 14. The van der Waals surface area contributed by atoms with E-state index in [0.29, 0.717) is 74.4 Å². The van der Waals surface area contributed by atoms with Crippen LogP contribution in [0.4, 0.5) is 42.3 Å². The van der Waals surface area contributed by atoms with Gasteiger partial charge >= 0.3 is 6.18 Å². The maximum Gasteiger partial charge on any atom is 0.416 e. The number of ether oxygens (including phenoxy) is 5. The maximum absolute atomic E-state index is 13.3. The first kappa shape index (κ1) is 102. The first-order valence-corrected chi connectivity index (χ1v) is 51.7. The number of fused-ring (bicyclic) bond motifs is 10. The molecule has 16 heterocycles. The number of para-hydroxylation sites is 1. The van der Waals surface area contributed by atoms with Crippen LogP contribution in [-0.4, -0.2) is 158 Å². The standard InChI is InChI=1S/C25H29N5O.C23H26F3N3O.2C23H26N4O.C23H29N3O/c1-19-9-10-20-11-12-24(27-25(20)26-19)31-16-6-5-14-29-15-13-23-21(17-29)18-30(28-23)22-7-3-2-4-8-22;1-16-7-8-18-9-10-21(28-22(18)27-16)30-14-3-2-12-29-13-11-17-5-4-6-20(19(17)15-29)23(24,25)26;1-17-7-8-18-9-10-22(26-23(18)25-17)28-14-3-2-12-27-13-11-21-19(15-24)5-4-6-20(21)16-27;1-17-7-8-19-9-10-22(26-23(19)25-17)28-14-3-2-12-27-13-11-18-5-4-6-20(15-24)21(18)16-27;1-17-5-7-19-11-13-26(16-21(19)15-17)12-3-4-14-27-22-10-9-20-8-6-18(2)24-23(20)25-22/h2-4,7-8,11-12,18H,1,5-6,9-10,13-17H2,(H,26,27);4-6,9-10H,1-3,7-8,11-15H2,(H,27,28);2*4-6,9-10H,1-3,7-8,11-14,16H2,(H,25,26);5,7,9-10,15H,2-4,6,8,11-14,16H2,1H3,(H,24,25). The van der Waals surface area contributed by atoms with Gasteiger partial charge < -0.3 is 50.3 Å². The molecule has 750 valence electrons. The Morgan fingerprint density at radius 2 is 0.660 bits per heavy atom. The third kappa shape index (κ3) is 28.5. The minimum absolute atomic E-state index is 0.355. The molecule has 0 aliphatic carbocycles. The molecule has 0 spiro atoms. The normalized spacial score (nSPS) is 16.1. The highest BCUT2D eigenvalue weighted by Gasteiger charge is 2.36. The van der Waals surface area contributed by atoms with E-state index >= 15 is 0 Å². The average Bonchev–Trinajstić information content (AvgIpc) is 1.18. The molecule has 27 heteroatoms. The van der Waals surface area contributed by atoms with Crippen LogP contribution in [0.5, 0.6) is 29.4 Å². The number of allylic oxidation sites excluding steroid dienone is 5. The number of aromatic nitrogens is 7. The number of hydrogen-bond donors (Lipinski definition) is 5. The molecule has 144 heavy (non-hydrogen) atoms. The molecule has 0 saturated heterocycles. The minimum atomic E-state index is -4.30. The SMILES string of the molecule is C=C1CCc2ccc(OCCCCN3CCc4c(C#N)cccc4C3)nc2N1.C=C1CCc2ccc(OCCCCN3CCc4ccc(C)cc4C3)nc2N1.C=C1CCc2ccc(OCCCCN3CCc4cccc(C#N)c4C3)nc2N1.C=C1CCc2ccc(OCCCCN3CCc4cccc(C(F)(F)F)c4C3)nc2N1.C=C1CCc2ccc(OCCCCN3CCc4nn(-c5ccccc5)cc4C3)nc2N1. The Balaban J connectivity index is 0.000000124. The van der Waals surface area contributed by atoms with E-state index in [-0.39, 0.29) is 0 Å². The second-order valence-electron chi connectivity index (χ2n) is 39.0. The van der Waals surface area contributed by atoms with E-state index in [0.717, 1.165) is 319 Å². The smallest absolute Gasteiger partial charge is 0.416 e. The highest BCUT2D eigenvalue weighted by atomic mass is 19.4. The van der Waals surface area contributed by atoms with Crippen LogP contribution in [0.2, 0.25) is 0 Å². The van der Waals surface area contributed by atoms with E-state index < -0.39 is 11.7 Å². The molecule has 21 rings (SSSR count). The van der Waals surface area contributed by atoms with Crippen molar-refractivity contribution >= 4 is 29.1 Å². The number of anilines is 5. The lowest BCUT2D eigenvalue weighted by atomic mass is 9.94. The average molecular weight is 1950 g/mol.